The number of pyridine rings is 1. The Balaban J connectivity index is 2.45. The molecule has 0 aliphatic rings. The molecule has 0 aliphatic heterocycles. The van der Waals surface area contributed by atoms with Crippen LogP contribution >= 0.6 is 0 Å². The van der Waals surface area contributed by atoms with Gasteiger partial charge in [-0.1, -0.05) is 31.5 Å². The fraction of sp³-hybridized carbons (Fsp3) is 0.357. The van der Waals surface area contributed by atoms with Crippen LogP contribution in [0.15, 0.2) is 30.3 Å². The first-order chi connectivity index (χ1) is 7.85. The molecule has 2 heteroatoms. The predicted octanol–water partition coefficient (Wildman–Crippen LogP) is 3.04. The van der Waals surface area contributed by atoms with Crippen LogP contribution in [0, 0.1) is 0 Å². The molecule has 0 aliphatic carbocycles. The lowest BCUT2D eigenvalue weighted by Gasteiger charge is -2.08. The van der Waals surface area contributed by atoms with Crippen molar-refractivity contribution in [3.05, 3.63) is 41.6 Å². The average molecular weight is 214 g/mol. The average Bonchev–Trinajstić information content (AvgIpc) is 2.35. The van der Waals surface area contributed by atoms with Crippen LogP contribution in [0.4, 0.5) is 0 Å². The van der Waals surface area contributed by atoms with Crippen LogP contribution in [0.3, 0.4) is 0 Å². The van der Waals surface area contributed by atoms with Crippen molar-refractivity contribution >= 4 is 10.9 Å². The van der Waals surface area contributed by atoms with E-state index in [1.54, 1.807) is 0 Å². The summed E-state index contributed by atoms with van der Waals surface area (Å²) in [5.41, 5.74) is 9.15. The van der Waals surface area contributed by atoms with Gasteiger partial charge in [0.25, 0.3) is 0 Å². The van der Waals surface area contributed by atoms with Gasteiger partial charge in [0.15, 0.2) is 0 Å². The summed E-state index contributed by atoms with van der Waals surface area (Å²) < 4.78 is 0. The molecule has 0 unspecified atom stereocenters. The van der Waals surface area contributed by atoms with Gasteiger partial charge in [-0.2, -0.15) is 0 Å². The molecule has 84 valence electrons. The van der Waals surface area contributed by atoms with Crippen molar-refractivity contribution in [2.75, 3.05) is 0 Å². The second kappa shape index (κ2) is 5.08. The van der Waals surface area contributed by atoms with E-state index >= 15 is 0 Å². The number of aryl methyl sites for hydroxylation is 1. The van der Waals surface area contributed by atoms with Crippen molar-refractivity contribution in [1.29, 1.82) is 0 Å². The van der Waals surface area contributed by atoms with Crippen molar-refractivity contribution in [3.63, 3.8) is 0 Å². The minimum absolute atomic E-state index is 0.532. The first-order valence-corrected chi connectivity index (χ1v) is 5.92. The third kappa shape index (κ3) is 2.22. The zero-order valence-corrected chi connectivity index (χ0v) is 9.74. The van der Waals surface area contributed by atoms with E-state index in [2.05, 4.69) is 30.1 Å². The first kappa shape index (κ1) is 11.1. The fourth-order valence-corrected chi connectivity index (χ4v) is 1.96. The van der Waals surface area contributed by atoms with Gasteiger partial charge in [-0.25, -0.2) is 0 Å². The summed E-state index contributed by atoms with van der Waals surface area (Å²) in [5, 5.41) is 1.21. The van der Waals surface area contributed by atoms with Gasteiger partial charge in [0.05, 0.1) is 11.2 Å². The molecule has 0 bridgehead atoms. The standard InChI is InChI=1S/C14H18N2/c1-2-3-6-12-9-11-7-4-5-8-13(11)16-14(12)10-15/h4-5,7-9H,2-3,6,10,15H2,1H3. The number of unbranched alkanes of at least 4 members (excludes halogenated alkanes) is 1. The molecule has 2 aromatic rings. The van der Waals surface area contributed by atoms with Gasteiger partial charge in [0, 0.05) is 11.9 Å². The molecule has 1 heterocycles. The Kier molecular flexibility index (Phi) is 3.52. The lowest BCUT2D eigenvalue weighted by molar-refractivity contribution is 0.780. The Labute approximate surface area is 96.5 Å². The van der Waals surface area contributed by atoms with Crippen LogP contribution < -0.4 is 5.73 Å². The summed E-state index contributed by atoms with van der Waals surface area (Å²) in [4.78, 5) is 4.62. The molecule has 0 spiro atoms. The molecule has 2 rings (SSSR count). The normalized spacial score (nSPS) is 10.9. The number of nitrogens with zero attached hydrogens (tertiary/aromatic N) is 1. The maximum absolute atomic E-state index is 5.75. The Bertz CT molecular complexity index is 477. The predicted molar refractivity (Wildman–Crippen MR) is 68.2 cm³/mol. The lowest BCUT2D eigenvalue weighted by Crippen LogP contribution is -2.05. The van der Waals surface area contributed by atoms with Crippen LogP contribution in [0.25, 0.3) is 10.9 Å². The number of benzene rings is 1. The third-order valence-electron chi connectivity index (χ3n) is 2.89. The number of rotatable bonds is 4. The molecule has 2 N–H and O–H groups in total. The highest BCUT2D eigenvalue weighted by Crippen LogP contribution is 2.18. The van der Waals surface area contributed by atoms with E-state index in [4.69, 9.17) is 5.73 Å². The van der Waals surface area contributed by atoms with Crippen LogP contribution in [0.2, 0.25) is 0 Å². The van der Waals surface area contributed by atoms with Crippen molar-refractivity contribution in [2.24, 2.45) is 5.73 Å². The third-order valence-corrected chi connectivity index (χ3v) is 2.89. The molecule has 16 heavy (non-hydrogen) atoms. The Hall–Kier alpha value is -1.41. The van der Waals surface area contributed by atoms with Gasteiger partial charge in [0.1, 0.15) is 0 Å². The fourth-order valence-electron chi connectivity index (χ4n) is 1.96. The molecular weight excluding hydrogens is 196 g/mol. The Morgan fingerprint density at radius 2 is 2.06 bits per heavy atom. The maximum Gasteiger partial charge on any atom is 0.0706 e. The van der Waals surface area contributed by atoms with Gasteiger partial charge in [-0.3, -0.25) is 4.98 Å². The molecule has 0 saturated heterocycles. The van der Waals surface area contributed by atoms with Crippen LogP contribution in [-0.2, 0) is 13.0 Å². The molecule has 0 radical (unpaired) electrons. The van der Waals surface area contributed by atoms with E-state index in [1.165, 1.54) is 23.8 Å². The molecular formula is C14H18N2. The minimum atomic E-state index is 0.532. The van der Waals surface area contributed by atoms with Crippen molar-refractivity contribution in [2.45, 2.75) is 32.7 Å². The number of aromatic nitrogens is 1. The van der Waals surface area contributed by atoms with E-state index in [9.17, 15) is 0 Å². The Morgan fingerprint density at radius 3 is 2.81 bits per heavy atom. The van der Waals surface area contributed by atoms with Crippen molar-refractivity contribution < 1.29 is 0 Å². The second-order valence-corrected chi connectivity index (χ2v) is 4.09. The molecule has 0 fully saturated rings. The number of nitrogens with two attached hydrogens (primary N) is 1. The van der Waals surface area contributed by atoms with Gasteiger partial charge in [-0.05, 0) is 30.5 Å². The highest BCUT2D eigenvalue weighted by molar-refractivity contribution is 5.79. The van der Waals surface area contributed by atoms with Crippen molar-refractivity contribution in [1.82, 2.24) is 4.98 Å². The van der Waals surface area contributed by atoms with Crippen LogP contribution in [0.1, 0.15) is 31.0 Å². The monoisotopic (exact) mass is 214 g/mol. The van der Waals surface area contributed by atoms with E-state index in [0.717, 1.165) is 17.6 Å². The molecule has 2 nitrogen and oxygen atoms in total. The number of para-hydroxylation sites is 1. The van der Waals surface area contributed by atoms with E-state index in [1.807, 2.05) is 12.1 Å². The van der Waals surface area contributed by atoms with Gasteiger partial charge >= 0.3 is 0 Å². The molecule has 1 aromatic carbocycles. The smallest absolute Gasteiger partial charge is 0.0706 e. The Morgan fingerprint density at radius 1 is 1.25 bits per heavy atom. The lowest BCUT2D eigenvalue weighted by atomic mass is 10.0. The maximum atomic E-state index is 5.75. The topological polar surface area (TPSA) is 38.9 Å². The minimum Gasteiger partial charge on any atom is -0.325 e. The first-order valence-electron chi connectivity index (χ1n) is 5.92. The van der Waals surface area contributed by atoms with Crippen LogP contribution in [0.5, 0.6) is 0 Å². The van der Waals surface area contributed by atoms with Crippen molar-refractivity contribution in [3.8, 4) is 0 Å². The number of fused-ring (bicyclic) bond motifs is 1. The van der Waals surface area contributed by atoms with Gasteiger partial charge in [0.2, 0.25) is 0 Å². The highest BCUT2D eigenvalue weighted by Gasteiger charge is 2.04. The largest absolute Gasteiger partial charge is 0.325 e. The summed E-state index contributed by atoms with van der Waals surface area (Å²) in [6.07, 6.45) is 3.49. The van der Waals surface area contributed by atoms with Gasteiger partial charge < -0.3 is 5.73 Å². The number of hydrogen-bond acceptors (Lipinski definition) is 2. The summed E-state index contributed by atoms with van der Waals surface area (Å²) in [5.74, 6) is 0. The second-order valence-electron chi connectivity index (χ2n) is 4.09. The van der Waals surface area contributed by atoms with Gasteiger partial charge in [-0.15, -0.1) is 0 Å². The molecule has 0 atom stereocenters. The van der Waals surface area contributed by atoms with E-state index < -0.39 is 0 Å². The summed E-state index contributed by atoms with van der Waals surface area (Å²) in [6.45, 7) is 2.74. The summed E-state index contributed by atoms with van der Waals surface area (Å²) >= 11 is 0. The zero-order chi connectivity index (χ0) is 11.4. The highest BCUT2D eigenvalue weighted by atomic mass is 14.7. The van der Waals surface area contributed by atoms with Crippen LogP contribution in [-0.4, -0.2) is 4.98 Å². The summed E-state index contributed by atoms with van der Waals surface area (Å²) in [6, 6.07) is 10.5. The van der Waals surface area contributed by atoms with E-state index in [0.29, 0.717) is 6.54 Å². The quantitative estimate of drug-likeness (QED) is 0.849. The summed E-state index contributed by atoms with van der Waals surface area (Å²) in [7, 11) is 0. The molecule has 1 aromatic heterocycles. The zero-order valence-electron chi connectivity index (χ0n) is 9.74. The molecule has 0 amide bonds. The molecule has 0 saturated carbocycles. The number of hydrogen-bond donors (Lipinski definition) is 1. The van der Waals surface area contributed by atoms with E-state index in [-0.39, 0.29) is 0 Å². The SMILES string of the molecule is CCCCc1cc2ccccc2nc1CN.